The first-order valence-electron chi connectivity index (χ1n) is 4.30. The SMILES string of the molecule is CC(=O)CC1(C#N)CCNCC1. The van der Waals surface area contributed by atoms with Gasteiger partial charge in [-0.3, -0.25) is 4.79 Å². The zero-order valence-electron chi connectivity index (χ0n) is 7.39. The molecule has 0 aromatic carbocycles. The summed E-state index contributed by atoms with van der Waals surface area (Å²) < 4.78 is 0. The summed E-state index contributed by atoms with van der Waals surface area (Å²) >= 11 is 0. The third-order valence-electron chi connectivity index (χ3n) is 2.39. The van der Waals surface area contributed by atoms with Crippen LogP contribution in [0.2, 0.25) is 0 Å². The van der Waals surface area contributed by atoms with Gasteiger partial charge in [0.2, 0.25) is 0 Å². The maximum atomic E-state index is 10.9. The molecular formula is C9H14N2O. The molecule has 0 spiro atoms. The topological polar surface area (TPSA) is 52.9 Å². The van der Waals surface area contributed by atoms with Crippen molar-refractivity contribution in [3.05, 3.63) is 0 Å². The summed E-state index contributed by atoms with van der Waals surface area (Å²) in [4.78, 5) is 10.9. The molecule has 1 aliphatic heterocycles. The van der Waals surface area contributed by atoms with Crippen molar-refractivity contribution in [1.82, 2.24) is 5.32 Å². The molecule has 0 bridgehead atoms. The van der Waals surface area contributed by atoms with Gasteiger partial charge in [0, 0.05) is 6.42 Å². The maximum absolute atomic E-state index is 10.9. The van der Waals surface area contributed by atoms with Crippen molar-refractivity contribution in [2.75, 3.05) is 13.1 Å². The average Bonchev–Trinajstić information content (AvgIpc) is 2.05. The quantitative estimate of drug-likeness (QED) is 0.662. The lowest BCUT2D eigenvalue weighted by Crippen LogP contribution is -2.36. The van der Waals surface area contributed by atoms with Crippen LogP contribution in [0.25, 0.3) is 0 Å². The minimum Gasteiger partial charge on any atom is -0.317 e. The van der Waals surface area contributed by atoms with Crippen LogP contribution in [-0.4, -0.2) is 18.9 Å². The molecule has 0 aliphatic carbocycles. The van der Waals surface area contributed by atoms with Gasteiger partial charge >= 0.3 is 0 Å². The fourth-order valence-corrected chi connectivity index (χ4v) is 1.71. The number of hydrogen-bond acceptors (Lipinski definition) is 3. The summed E-state index contributed by atoms with van der Waals surface area (Å²) in [6.45, 7) is 3.28. The van der Waals surface area contributed by atoms with Gasteiger partial charge in [-0.2, -0.15) is 5.26 Å². The molecule has 1 heterocycles. The number of carbonyl (C=O) groups excluding carboxylic acids is 1. The van der Waals surface area contributed by atoms with E-state index in [-0.39, 0.29) is 11.2 Å². The Morgan fingerprint density at radius 2 is 2.17 bits per heavy atom. The second-order valence-electron chi connectivity index (χ2n) is 3.52. The average molecular weight is 166 g/mol. The number of carbonyl (C=O) groups is 1. The summed E-state index contributed by atoms with van der Waals surface area (Å²) in [5, 5.41) is 12.1. The van der Waals surface area contributed by atoms with Gasteiger partial charge in [0.1, 0.15) is 5.78 Å². The largest absolute Gasteiger partial charge is 0.317 e. The number of nitriles is 1. The third kappa shape index (κ3) is 2.05. The third-order valence-corrected chi connectivity index (χ3v) is 2.39. The lowest BCUT2D eigenvalue weighted by atomic mass is 9.76. The van der Waals surface area contributed by atoms with E-state index in [9.17, 15) is 4.79 Å². The molecule has 1 fully saturated rings. The normalized spacial score (nSPS) is 21.3. The van der Waals surface area contributed by atoms with Crippen molar-refractivity contribution in [2.24, 2.45) is 5.41 Å². The van der Waals surface area contributed by atoms with Crippen molar-refractivity contribution < 1.29 is 4.79 Å². The predicted octanol–water partition coefficient (Wildman–Crippen LogP) is 0.859. The van der Waals surface area contributed by atoms with Crippen LogP contribution < -0.4 is 5.32 Å². The zero-order valence-corrected chi connectivity index (χ0v) is 7.39. The second-order valence-corrected chi connectivity index (χ2v) is 3.52. The first-order valence-corrected chi connectivity index (χ1v) is 4.30. The number of nitrogens with zero attached hydrogens (tertiary/aromatic N) is 1. The highest BCUT2D eigenvalue weighted by Gasteiger charge is 2.32. The van der Waals surface area contributed by atoms with Crippen LogP contribution in [0.3, 0.4) is 0 Å². The van der Waals surface area contributed by atoms with Crippen LogP contribution in [0.15, 0.2) is 0 Å². The molecule has 0 aromatic heterocycles. The minimum atomic E-state index is -0.364. The lowest BCUT2D eigenvalue weighted by Gasteiger charge is -2.29. The van der Waals surface area contributed by atoms with Crippen molar-refractivity contribution in [3.8, 4) is 6.07 Å². The molecule has 1 aliphatic rings. The zero-order chi connectivity index (χ0) is 9.03. The molecule has 0 radical (unpaired) electrons. The summed E-state index contributed by atoms with van der Waals surface area (Å²) in [6.07, 6.45) is 2.04. The molecule has 66 valence electrons. The van der Waals surface area contributed by atoms with Crippen LogP contribution in [0.5, 0.6) is 0 Å². The summed E-state index contributed by atoms with van der Waals surface area (Å²) in [5.41, 5.74) is -0.364. The monoisotopic (exact) mass is 166 g/mol. The van der Waals surface area contributed by atoms with Gasteiger partial charge in [-0.1, -0.05) is 0 Å². The molecular weight excluding hydrogens is 152 g/mol. The number of hydrogen-bond donors (Lipinski definition) is 1. The van der Waals surface area contributed by atoms with Crippen LogP contribution in [0, 0.1) is 16.7 Å². The van der Waals surface area contributed by atoms with E-state index in [1.54, 1.807) is 6.92 Å². The molecule has 1 saturated heterocycles. The van der Waals surface area contributed by atoms with E-state index in [4.69, 9.17) is 5.26 Å². The fourth-order valence-electron chi connectivity index (χ4n) is 1.71. The first kappa shape index (κ1) is 9.21. The van der Waals surface area contributed by atoms with E-state index in [1.807, 2.05) is 0 Å². The summed E-state index contributed by atoms with van der Waals surface area (Å²) in [5.74, 6) is 0.124. The highest BCUT2D eigenvalue weighted by Crippen LogP contribution is 2.31. The Bertz CT molecular complexity index is 211. The molecule has 1 N–H and O–H groups in total. The Morgan fingerprint density at radius 3 is 2.58 bits per heavy atom. The van der Waals surface area contributed by atoms with Gasteiger partial charge in [0.25, 0.3) is 0 Å². The molecule has 0 saturated carbocycles. The molecule has 0 atom stereocenters. The van der Waals surface area contributed by atoms with Crippen molar-refractivity contribution in [1.29, 1.82) is 5.26 Å². The van der Waals surface area contributed by atoms with E-state index in [0.29, 0.717) is 6.42 Å². The molecule has 0 unspecified atom stereocenters. The first-order chi connectivity index (χ1) is 5.68. The van der Waals surface area contributed by atoms with Crippen molar-refractivity contribution in [2.45, 2.75) is 26.2 Å². The molecule has 12 heavy (non-hydrogen) atoms. The Morgan fingerprint density at radius 1 is 1.58 bits per heavy atom. The number of nitrogens with one attached hydrogen (secondary N) is 1. The van der Waals surface area contributed by atoms with Gasteiger partial charge in [0.15, 0.2) is 0 Å². The molecule has 1 rings (SSSR count). The van der Waals surface area contributed by atoms with Crippen molar-refractivity contribution >= 4 is 5.78 Å². The van der Waals surface area contributed by atoms with Crippen LogP contribution in [-0.2, 0) is 4.79 Å². The van der Waals surface area contributed by atoms with E-state index in [1.165, 1.54) is 0 Å². The van der Waals surface area contributed by atoms with Crippen LogP contribution in [0.1, 0.15) is 26.2 Å². The maximum Gasteiger partial charge on any atom is 0.131 e. The number of piperidine rings is 1. The minimum absolute atomic E-state index is 0.124. The molecule has 3 nitrogen and oxygen atoms in total. The fraction of sp³-hybridized carbons (Fsp3) is 0.778. The van der Waals surface area contributed by atoms with Gasteiger partial charge in [-0.25, -0.2) is 0 Å². The van der Waals surface area contributed by atoms with Crippen LogP contribution >= 0.6 is 0 Å². The summed E-state index contributed by atoms with van der Waals surface area (Å²) in [7, 11) is 0. The van der Waals surface area contributed by atoms with Crippen LogP contribution in [0.4, 0.5) is 0 Å². The number of rotatable bonds is 2. The predicted molar refractivity (Wildman–Crippen MR) is 45.4 cm³/mol. The van der Waals surface area contributed by atoms with E-state index in [2.05, 4.69) is 11.4 Å². The van der Waals surface area contributed by atoms with Gasteiger partial charge in [0.05, 0.1) is 11.5 Å². The van der Waals surface area contributed by atoms with Crippen molar-refractivity contribution in [3.63, 3.8) is 0 Å². The Balaban J connectivity index is 2.61. The molecule has 0 amide bonds. The van der Waals surface area contributed by atoms with Gasteiger partial charge in [-0.05, 0) is 32.9 Å². The Labute approximate surface area is 72.8 Å². The molecule has 0 aromatic rings. The van der Waals surface area contributed by atoms with E-state index in [0.717, 1.165) is 25.9 Å². The Kier molecular flexibility index (Phi) is 2.83. The Hall–Kier alpha value is -0.880. The second kappa shape index (κ2) is 3.68. The van der Waals surface area contributed by atoms with Gasteiger partial charge < -0.3 is 5.32 Å². The lowest BCUT2D eigenvalue weighted by molar-refractivity contribution is -0.118. The smallest absolute Gasteiger partial charge is 0.131 e. The highest BCUT2D eigenvalue weighted by atomic mass is 16.1. The standard InChI is InChI=1S/C9H14N2O/c1-8(12)6-9(7-10)2-4-11-5-3-9/h11H,2-6H2,1H3. The summed E-state index contributed by atoms with van der Waals surface area (Å²) in [6, 6.07) is 2.29. The number of Topliss-reactive ketones (excluding diaryl/α,β-unsaturated/α-hetero) is 1. The van der Waals surface area contributed by atoms with Gasteiger partial charge in [-0.15, -0.1) is 0 Å². The van der Waals surface area contributed by atoms with E-state index >= 15 is 0 Å². The molecule has 3 heteroatoms. The highest BCUT2D eigenvalue weighted by molar-refractivity contribution is 5.76. The van der Waals surface area contributed by atoms with E-state index < -0.39 is 0 Å². The number of ketones is 1.